The van der Waals surface area contributed by atoms with E-state index >= 15 is 0 Å². The van der Waals surface area contributed by atoms with Crippen LogP contribution >= 0.6 is 11.8 Å². The largest absolute Gasteiger partial charge is 0.497 e. The zero-order valence-electron chi connectivity index (χ0n) is 21.8. The molecule has 0 saturated carbocycles. The van der Waals surface area contributed by atoms with Gasteiger partial charge in [-0.2, -0.15) is 0 Å². The molecule has 1 amide bonds. The van der Waals surface area contributed by atoms with Crippen LogP contribution in [-0.4, -0.2) is 74.9 Å². The van der Waals surface area contributed by atoms with Crippen molar-refractivity contribution in [1.82, 2.24) is 4.90 Å². The molecule has 37 heavy (non-hydrogen) atoms. The number of methoxy groups -OCH3 is 1. The van der Waals surface area contributed by atoms with E-state index in [0.717, 1.165) is 16.1 Å². The molecule has 0 radical (unpaired) electrons. The van der Waals surface area contributed by atoms with Crippen molar-refractivity contribution < 1.29 is 23.9 Å². The van der Waals surface area contributed by atoms with Gasteiger partial charge in [-0.15, -0.1) is 16.7 Å². The molecule has 0 saturated heterocycles. The number of anilines is 1. The first-order valence-electron chi connectivity index (χ1n) is 12.0. The third-order valence-corrected chi connectivity index (χ3v) is 7.77. The number of ketones is 2. The van der Waals surface area contributed by atoms with E-state index in [1.165, 1.54) is 18.7 Å². The van der Waals surface area contributed by atoms with Crippen molar-refractivity contribution >= 4 is 34.9 Å². The van der Waals surface area contributed by atoms with Crippen molar-refractivity contribution in [1.29, 1.82) is 0 Å². The molecule has 3 atom stereocenters. The number of carbonyl (C=O) groups is 3. The number of para-hydroxylation sites is 1. The van der Waals surface area contributed by atoms with Gasteiger partial charge in [0.25, 0.3) is 5.91 Å². The highest BCUT2D eigenvalue weighted by atomic mass is 32.2. The second-order valence-corrected chi connectivity index (χ2v) is 10.4. The Bertz CT molecular complexity index is 1140. The number of carbonyl (C=O) groups excluding carboxylic acids is 3. The van der Waals surface area contributed by atoms with Crippen molar-refractivity contribution in [2.24, 2.45) is 5.18 Å². The molecule has 0 bridgehead atoms. The van der Waals surface area contributed by atoms with Gasteiger partial charge >= 0.3 is 0 Å². The highest BCUT2D eigenvalue weighted by Gasteiger charge is 2.44. The van der Waals surface area contributed by atoms with Crippen molar-refractivity contribution in [3.05, 3.63) is 59.0 Å². The molecular weight excluding hydrogens is 494 g/mol. The van der Waals surface area contributed by atoms with Crippen LogP contribution < -0.4 is 9.64 Å². The highest BCUT2D eigenvalue weighted by Crippen LogP contribution is 2.46. The molecule has 10 heteroatoms. The molecule has 1 heterocycles. The summed E-state index contributed by atoms with van der Waals surface area (Å²) >= 11 is 1.46. The standard InChI is InChI=1S/C27H33N3O6S/c1-6-22(31)27(2,28-34)23(32)17-36-24-25(18-11-13-19(35-5)14-12-18)37-21-10-8-7-9-20(21)30(26(24)33)16-15-29(3)4/h7-14,24-25H,6,15-17H2,1-5H3/t24?,25-,27?/m0/s1. The van der Waals surface area contributed by atoms with Gasteiger partial charge in [0.15, 0.2) is 17.7 Å². The molecule has 0 N–H and O–H groups in total. The molecule has 9 nitrogen and oxygen atoms in total. The number of rotatable bonds is 12. The molecule has 0 fully saturated rings. The minimum Gasteiger partial charge on any atom is -0.497 e. The average Bonchev–Trinajstić information content (AvgIpc) is 3.03. The van der Waals surface area contributed by atoms with Gasteiger partial charge in [-0.1, -0.05) is 31.2 Å². The summed E-state index contributed by atoms with van der Waals surface area (Å²) in [5.74, 6) is -1.01. The Balaban J connectivity index is 2.02. The van der Waals surface area contributed by atoms with Crippen LogP contribution in [0.25, 0.3) is 0 Å². The Labute approximate surface area is 221 Å². The maximum atomic E-state index is 14.0. The molecular formula is C27H33N3O6S. The van der Waals surface area contributed by atoms with Gasteiger partial charge in [0.2, 0.25) is 5.54 Å². The number of hydrogen-bond donors (Lipinski definition) is 0. The zero-order valence-corrected chi connectivity index (χ0v) is 22.6. The third-order valence-electron chi connectivity index (χ3n) is 6.39. The lowest BCUT2D eigenvalue weighted by molar-refractivity contribution is -0.140. The summed E-state index contributed by atoms with van der Waals surface area (Å²) in [5, 5.41) is 2.33. The van der Waals surface area contributed by atoms with Gasteiger partial charge in [-0.3, -0.25) is 14.4 Å². The van der Waals surface area contributed by atoms with Crippen molar-refractivity contribution in [2.75, 3.05) is 45.8 Å². The van der Waals surface area contributed by atoms with E-state index in [9.17, 15) is 19.3 Å². The van der Waals surface area contributed by atoms with Crippen molar-refractivity contribution in [3.63, 3.8) is 0 Å². The van der Waals surface area contributed by atoms with Crippen LogP contribution in [0, 0.1) is 4.91 Å². The Morgan fingerprint density at radius 3 is 2.38 bits per heavy atom. The van der Waals surface area contributed by atoms with Crippen LogP contribution in [0.1, 0.15) is 31.1 Å². The lowest BCUT2D eigenvalue weighted by Gasteiger charge is -2.29. The minimum atomic E-state index is -2.06. The smallest absolute Gasteiger partial charge is 0.257 e. The van der Waals surface area contributed by atoms with Crippen LogP contribution in [0.4, 0.5) is 5.69 Å². The lowest BCUT2D eigenvalue weighted by atomic mass is 9.91. The average molecular weight is 528 g/mol. The molecule has 2 unspecified atom stereocenters. The Morgan fingerprint density at radius 1 is 1.11 bits per heavy atom. The maximum absolute atomic E-state index is 14.0. The Hall–Kier alpha value is -3.08. The number of fused-ring (bicyclic) bond motifs is 1. The van der Waals surface area contributed by atoms with Gasteiger partial charge < -0.3 is 19.3 Å². The van der Waals surface area contributed by atoms with E-state index in [4.69, 9.17) is 9.47 Å². The zero-order chi connectivity index (χ0) is 27.2. The predicted molar refractivity (Wildman–Crippen MR) is 143 cm³/mol. The lowest BCUT2D eigenvalue weighted by Crippen LogP contribution is -2.48. The summed E-state index contributed by atoms with van der Waals surface area (Å²) < 4.78 is 11.3. The number of hydrogen-bond acceptors (Lipinski definition) is 9. The molecule has 1 aliphatic heterocycles. The van der Waals surface area contributed by atoms with Gasteiger partial charge in [-0.05, 0) is 56.0 Å². The van der Waals surface area contributed by atoms with Crippen molar-refractivity contribution in [2.45, 2.75) is 42.1 Å². The highest BCUT2D eigenvalue weighted by molar-refractivity contribution is 7.99. The summed E-state index contributed by atoms with van der Waals surface area (Å²) in [6.07, 6.45) is -1.08. The summed E-state index contributed by atoms with van der Waals surface area (Å²) in [7, 11) is 5.42. The number of benzene rings is 2. The Kier molecular flexibility index (Phi) is 9.58. The minimum absolute atomic E-state index is 0.0196. The molecule has 3 rings (SSSR count). The summed E-state index contributed by atoms with van der Waals surface area (Å²) in [6, 6.07) is 14.9. The number of amides is 1. The van der Waals surface area contributed by atoms with E-state index in [1.807, 2.05) is 55.4 Å². The summed E-state index contributed by atoms with van der Waals surface area (Å²) in [5.41, 5.74) is -0.489. The van der Waals surface area contributed by atoms with E-state index in [1.54, 1.807) is 31.1 Å². The van der Waals surface area contributed by atoms with Gasteiger partial charge in [0, 0.05) is 24.4 Å². The summed E-state index contributed by atoms with van der Waals surface area (Å²) in [6.45, 7) is 3.18. The molecule has 2 aromatic rings. The quantitative estimate of drug-likeness (QED) is 0.302. The SMILES string of the molecule is CCC(=O)C(C)(N=O)C(=O)COC1C(=O)N(CCN(C)C)c2ccccc2S[C@H]1c1ccc(OC)cc1. The van der Waals surface area contributed by atoms with Crippen LogP contribution in [0.5, 0.6) is 5.75 Å². The van der Waals surface area contributed by atoms with Gasteiger partial charge in [0.05, 0.1) is 18.0 Å². The molecule has 198 valence electrons. The Morgan fingerprint density at radius 2 is 1.78 bits per heavy atom. The fourth-order valence-electron chi connectivity index (χ4n) is 4.01. The van der Waals surface area contributed by atoms with Gasteiger partial charge in [-0.25, -0.2) is 0 Å². The monoisotopic (exact) mass is 527 g/mol. The molecule has 2 aromatic carbocycles. The predicted octanol–water partition coefficient (Wildman–Crippen LogP) is 3.90. The third kappa shape index (κ3) is 6.26. The molecule has 0 spiro atoms. The first-order chi connectivity index (χ1) is 17.7. The number of likely N-dealkylation sites (N-methyl/N-ethyl adjacent to an activating group) is 1. The van der Waals surface area contributed by atoms with E-state index < -0.39 is 35.1 Å². The summed E-state index contributed by atoms with van der Waals surface area (Å²) in [4.78, 5) is 55.4. The van der Waals surface area contributed by atoms with Crippen LogP contribution in [-0.2, 0) is 19.1 Å². The van der Waals surface area contributed by atoms with Gasteiger partial charge in [0.1, 0.15) is 12.4 Å². The fourth-order valence-corrected chi connectivity index (χ4v) is 5.35. The van der Waals surface area contributed by atoms with Crippen molar-refractivity contribution in [3.8, 4) is 5.75 Å². The normalized spacial score (nSPS) is 19.1. The first-order valence-corrected chi connectivity index (χ1v) is 12.9. The maximum Gasteiger partial charge on any atom is 0.257 e. The topological polar surface area (TPSA) is 106 Å². The fraction of sp³-hybridized carbons (Fsp3) is 0.444. The number of nitrogens with zero attached hydrogens (tertiary/aromatic N) is 3. The van der Waals surface area contributed by atoms with Crippen LogP contribution in [0.3, 0.4) is 0 Å². The number of nitroso groups, excluding NO2 is 1. The van der Waals surface area contributed by atoms with Crippen LogP contribution in [0.2, 0.25) is 0 Å². The first kappa shape index (κ1) is 28.5. The van der Waals surface area contributed by atoms with Crippen LogP contribution in [0.15, 0.2) is 58.6 Å². The van der Waals surface area contributed by atoms with E-state index in [0.29, 0.717) is 18.8 Å². The number of Topliss-reactive ketones (excluding diaryl/α,β-unsaturated/α-hetero) is 2. The second kappa shape index (κ2) is 12.4. The van der Waals surface area contributed by atoms with E-state index in [-0.39, 0.29) is 12.3 Å². The molecule has 0 aliphatic carbocycles. The van der Waals surface area contributed by atoms with E-state index in [2.05, 4.69) is 5.18 Å². The molecule has 0 aromatic heterocycles. The second-order valence-electron chi connectivity index (χ2n) is 9.17. The number of thioether (sulfide) groups is 1. The molecule has 1 aliphatic rings. The number of ether oxygens (including phenoxy) is 2.